The summed E-state index contributed by atoms with van der Waals surface area (Å²) < 4.78 is 10.8. The molecule has 4 rings (SSSR count). The maximum Gasteiger partial charge on any atom is 0.411 e. The molecule has 0 bridgehead atoms. The van der Waals surface area contributed by atoms with Crippen LogP contribution in [0.5, 0.6) is 0 Å². The number of carbonyl (C=O) groups excluding carboxylic acids is 2. The second-order valence-corrected chi connectivity index (χ2v) is 8.03. The molecule has 0 atom stereocenters. The van der Waals surface area contributed by atoms with Crippen LogP contribution in [0.2, 0.25) is 0 Å². The number of hydrogen-bond acceptors (Lipinski definition) is 5. The maximum atomic E-state index is 12.8. The van der Waals surface area contributed by atoms with Gasteiger partial charge >= 0.3 is 12.1 Å². The number of aliphatic carboxylic acids is 1. The lowest BCUT2D eigenvalue weighted by Gasteiger charge is -2.24. The van der Waals surface area contributed by atoms with Gasteiger partial charge in [-0.05, 0) is 36.1 Å². The Labute approximate surface area is 190 Å². The number of furan rings is 1. The van der Waals surface area contributed by atoms with Crippen LogP contribution in [0.4, 0.5) is 10.5 Å². The lowest BCUT2D eigenvalue weighted by Crippen LogP contribution is -2.40. The van der Waals surface area contributed by atoms with Crippen LogP contribution in [0.3, 0.4) is 0 Å². The highest BCUT2D eigenvalue weighted by atomic mass is 16.5. The molecule has 1 aliphatic rings. The first-order chi connectivity index (χ1) is 15.9. The molecule has 1 aliphatic carbocycles. The molecule has 0 radical (unpaired) electrons. The Morgan fingerprint density at radius 3 is 2.21 bits per heavy atom. The van der Waals surface area contributed by atoms with Crippen molar-refractivity contribution in [3.8, 4) is 11.1 Å². The minimum absolute atomic E-state index is 0.0967. The highest BCUT2D eigenvalue weighted by Gasteiger charge is 2.30. The van der Waals surface area contributed by atoms with E-state index in [4.69, 9.17) is 14.3 Å². The minimum Gasteiger partial charge on any atom is -0.480 e. The van der Waals surface area contributed by atoms with Crippen molar-refractivity contribution in [3.63, 3.8) is 0 Å². The van der Waals surface area contributed by atoms with E-state index in [0.717, 1.165) is 27.2 Å². The molecule has 2 aromatic carbocycles. The Bertz CT molecular complexity index is 1150. The van der Waals surface area contributed by atoms with E-state index in [1.54, 1.807) is 13.8 Å². The van der Waals surface area contributed by atoms with Gasteiger partial charge in [-0.2, -0.15) is 0 Å². The Kier molecular flexibility index (Phi) is 6.17. The van der Waals surface area contributed by atoms with Crippen molar-refractivity contribution in [2.24, 2.45) is 0 Å². The van der Waals surface area contributed by atoms with Gasteiger partial charge in [0.15, 0.2) is 0 Å². The first kappa shape index (κ1) is 22.1. The van der Waals surface area contributed by atoms with Crippen molar-refractivity contribution in [1.82, 2.24) is 4.90 Å². The number of rotatable bonds is 7. The van der Waals surface area contributed by atoms with E-state index < -0.39 is 24.5 Å². The molecule has 8 heteroatoms. The molecule has 0 fully saturated rings. The summed E-state index contributed by atoms with van der Waals surface area (Å²) in [6.07, 6.45) is 0.521. The number of carbonyl (C=O) groups is 3. The number of amides is 2. The first-order valence-corrected chi connectivity index (χ1v) is 10.6. The molecule has 170 valence electrons. The summed E-state index contributed by atoms with van der Waals surface area (Å²) in [5, 5.41) is 11.6. The summed E-state index contributed by atoms with van der Waals surface area (Å²) in [5.74, 6) is -2.03. The summed E-state index contributed by atoms with van der Waals surface area (Å²) >= 11 is 0. The van der Waals surface area contributed by atoms with Gasteiger partial charge in [0.2, 0.25) is 5.76 Å². The third-order valence-corrected chi connectivity index (χ3v) is 5.63. The van der Waals surface area contributed by atoms with Gasteiger partial charge in [0.05, 0.1) is 12.0 Å². The van der Waals surface area contributed by atoms with Crippen LogP contribution in [0, 0.1) is 0 Å². The number of ether oxygens (including phenoxy) is 1. The molecule has 0 saturated heterocycles. The molecule has 2 amide bonds. The summed E-state index contributed by atoms with van der Waals surface area (Å²) in [6.45, 7) is 3.03. The summed E-state index contributed by atoms with van der Waals surface area (Å²) in [6, 6.07) is 17.1. The Balaban J connectivity index is 1.46. The topological polar surface area (TPSA) is 109 Å². The van der Waals surface area contributed by atoms with Gasteiger partial charge in [-0.3, -0.25) is 14.9 Å². The summed E-state index contributed by atoms with van der Waals surface area (Å²) in [5.41, 5.74) is 4.54. The minimum atomic E-state index is -1.14. The molecule has 3 aromatic rings. The highest BCUT2D eigenvalue weighted by Crippen LogP contribution is 2.44. The largest absolute Gasteiger partial charge is 0.480 e. The van der Waals surface area contributed by atoms with Gasteiger partial charge in [-0.1, -0.05) is 48.5 Å². The lowest BCUT2D eigenvalue weighted by molar-refractivity contribution is -0.138. The number of nitrogens with zero attached hydrogens (tertiary/aromatic N) is 1. The van der Waals surface area contributed by atoms with Gasteiger partial charge in [-0.15, -0.1) is 0 Å². The van der Waals surface area contributed by atoms with Crippen LogP contribution >= 0.6 is 0 Å². The van der Waals surface area contributed by atoms with Crippen molar-refractivity contribution < 1.29 is 28.6 Å². The quantitative estimate of drug-likeness (QED) is 0.548. The number of carboxylic acid groups (broad SMARTS) is 1. The van der Waals surface area contributed by atoms with Crippen molar-refractivity contribution in [1.29, 1.82) is 0 Å². The smallest absolute Gasteiger partial charge is 0.411 e. The molecule has 0 unspecified atom stereocenters. The molecule has 8 nitrogen and oxygen atoms in total. The summed E-state index contributed by atoms with van der Waals surface area (Å²) in [7, 11) is 0. The molecule has 0 saturated carbocycles. The van der Waals surface area contributed by atoms with E-state index >= 15 is 0 Å². The maximum absolute atomic E-state index is 12.8. The van der Waals surface area contributed by atoms with Crippen molar-refractivity contribution >= 4 is 23.7 Å². The number of fused-ring (bicyclic) bond motifs is 3. The molecule has 0 aliphatic heterocycles. The number of nitrogens with one attached hydrogen (secondary N) is 1. The number of benzene rings is 2. The van der Waals surface area contributed by atoms with E-state index in [0.29, 0.717) is 0 Å². The van der Waals surface area contributed by atoms with E-state index in [-0.39, 0.29) is 30.0 Å². The Morgan fingerprint density at radius 2 is 1.64 bits per heavy atom. The Hall–Kier alpha value is -4.07. The standard InChI is InChI=1S/C25H24N2O6/c1-15(2)27(13-22(28)29)24(30)23-21(11-12-32-23)26-25(31)33-14-20-18-9-5-3-7-16(18)17-8-4-6-10-19(17)20/h3-12,15,20H,13-14H2,1-2H3,(H,26,31)(H,28,29). The Morgan fingerprint density at radius 1 is 1.03 bits per heavy atom. The van der Waals surface area contributed by atoms with E-state index in [9.17, 15) is 14.4 Å². The van der Waals surface area contributed by atoms with Crippen LogP contribution < -0.4 is 5.32 Å². The molecule has 1 aromatic heterocycles. The van der Waals surface area contributed by atoms with Crippen LogP contribution in [0.15, 0.2) is 65.3 Å². The van der Waals surface area contributed by atoms with Gasteiger partial charge in [-0.25, -0.2) is 4.79 Å². The second-order valence-electron chi connectivity index (χ2n) is 8.03. The fourth-order valence-corrected chi connectivity index (χ4v) is 4.08. The van der Waals surface area contributed by atoms with Crippen LogP contribution in [-0.4, -0.2) is 47.2 Å². The number of carboxylic acids is 1. The zero-order chi connectivity index (χ0) is 23.5. The number of hydrogen-bond donors (Lipinski definition) is 2. The van der Waals surface area contributed by atoms with Crippen LogP contribution in [0.25, 0.3) is 11.1 Å². The van der Waals surface area contributed by atoms with Gasteiger partial charge < -0.3 is 19.2 Å². The van der Waals surface area contributed by atoms with Gasteiger partial charge in [0, 0.05) is 18.0 Å². The SMILES string of the molecule is CC(C)N(CC(=O)O)C(=O)c1occc1NC(=O)OCC1c2ccccc2-c2ccccc21. The molecule has 0 spiro atoms. The first-order valence-electron chi connectivity index (χ1n) is 10.6. The zero-order valence-corrected chi connectivity index (χ0v) is 18.3. The van der Waals surface area contributed by atoms with Gasteiger partial charge in [0.25, 0.3) is 5.91 Å². The normalized spacial score (nSPS) is 12.2. The average molecular weight is 448 g/mol. The van der Waals surface area contributed by atoms with Gasteiger partial charge in [0.1, 0.15) is 13.2 Å². The van der Waals surface area contributed by atoms with E-state index in [1.165, 1.54) is 12.3 Å². The molecule has 1 heterocycles. The highest BCUT2D eigenvalue weighted by molar-refractivity contribution is 6.01. The van der Waals surface area contributed by atoms with Crippen molar-refractivity contribution in [2.45, 2.75) is 25.8 Å². The third-order valence-electron chi connectivity index (χ3n) is 5.63. The third kappa shape index (κ3) is 4.45. The molecular weight excluding hydrogens is 424 g/mol. The molecular formula is C25H24N2O6. The zero-order valence-electron chi connectivity index (χ0n) is 18.3. The van der Waals surface area contributed by atoms with Crippen LogP contribution in [0.1, 0.15) is 41.4 Å². The van der Waals surface area contributed by atoms with E-state index in [2.05, 4.69) is 17.4 Å². The molecule has 33 heavy (non-hydrogen) atoms. The second kappa shape index (κ2) is 9.20. The predicted octanol–water partition coefficient (Wildman–Crippen LogP) is 4.58. The average Bonchev–Trinajstić information content (AvgIpc) is 3.38. The van der Waals surface area contributed by atoms with Crippen LogP contribution in [-0.2, 0) is 9.53 Å². The number of anilines is 1. The lowest BCUT2D eigenvalue weighted by atomic mass is 9.98. The monoisotopic (exact) mass is 448 g/mol. The fraction of sp³-hybridized carbons (Fsp3) is 0.240. The van der Waals surface area contributed by atoms with Crippen molar-refractivity contribution in [3.05, 3.63) is 77.7 Å². The molecule has 2 N–H and O–H groups in total. The predicted molar refractivity (Wildman–Crippen MR) is 121 cm³/mol. The summed E-state index contributed by atoms with van der Waals surface area (Å²) in [4.78, 5) is 37.6. The van der Waals surface area contributed by atoms with Crippen molar-refractivity contribution in [2.75, 3.05) is 18.5 Å². The van der Waals surface area contributed by atoms with E-state index in [1.807, 2.05) is 36.4 Å². The fourth-order valence-electron chi connectivity index (χ4n) is 4.08.